The van der Waals surface area contributed by atoms with Crippen molar-refractivity contribution in [2.45, 2.75) is 18.9 Å². The average molecular weight is 240 g/mol. The predicted molar refractivity (Wildman–Crippen MR) is 71.6 cm³/mol. The third-order valence-corrected chi connectivity index (χ3v) is 3.29. The number of aliphatic hydroxyl groups is 1. The van der Waals surface area contributed by atoms with E-state index in [2.05, 4.69) is 0 Å². The van der Waals surface area contributed by atoms with Crippen LogP contribution in [0, 0.1) is 0 Å². The highest BCUT2D eigenvalue weighted by atomic mass is 16.3. The first kappa shape index (κ1) is 12.5. The summed E-state index contributed by atoms with van der Waals surface area (Å²) in [5.41, 5.74) is 1.29. The molecule has 92 valence electrons. The van der Waals surface area contributed by atoms with E-state index in [9.17, 15) is 9.90 Å². The minimum absolute atomic E-state index is 0.581. The van der Waals surface area contributed by atoms with E-state index in [0.29, 0.717) is 12.0 Å². The maximum atomic E-state index is 10.8. The lowest BCUT2D eigenvalue weighted by atomic mass is 9.84. The molecule has 1 unspecified atom stereocenters. The van der Waals surface area contributed by atoms with Gasteiger partial charge >= 0.3 is 0 Å². The zero-order valence-electron chi connectivity index (χ0n) is 10.3. The van der Waals surface area contributed by atoms with Gasteiger partial charge in [0.25, 0.3) is 0 Å². The Morgan fingerprint density at radius 3 is 2.06 bits per heavy atom. The molecular formula is C16H16O2. The number of rotatable bonds is 4. The molecule has 0 aliphatic carbocycles. The summed E-state index contributed by atoms with van der Waals surface area (Å²) in [7, 11) is 0. The van der Waals surface area contributed by atoms with Crippen molar-refractivity contribution < 1.29 is 9.90 Å². The average Bonchev–Trinajstić information content (AvgIpc) is 2.47. The van der Waals surface area contributed by atoms with Crippen molar-refractivity contribution in [1.82, 2.24) is 0 Å². The maximum absolute atomic E-state index is 10.8. The van der Waals surface area contributed by atoms with E-state index in [4.69, 9.17) is 0 Å². The molecule has 0 amide bonds. The normalized spacial score (nSPS) is 13.9. The molecule has 0 radical (unpaired) electrons. The van der Waals surface area contributed by atoms with Gasteiger partial charge < -0.3 is 5.11 Å². The van der Waals surface area contributed by atoms with Crippen molar-refractivity contribution >= 4 is 6.29 Å². The van der Waals surface area contributed by atoms with Gasteiger partial charge in [-0.1, -0.05) is 61.5 Å². The quantitative estimate of drug-likeness (QED) is 0.833. The van der Waals surface area contributed by atoms with Crippen LogP contribution in [0.5, 0.6) is 0 Å². The number of aldehydes is 1. The lowest BCUT2D eigenvalue weighted by Gasteiger charge is -2.28. The fourth-order valence-electron chi connectivity index (χ4n) is 2.13. The highest BCUT2D eigenvalue weighted by Gasteiger charge is 2.28. The van der Waals surface area contributed by atoms with Crippen molar-refractivity contribution in [1.29, 1.82) is 0 Å². The highest BCUT2D eigenvalue weighted by molar-refractivity contribution is 5.74. The molecule has 0 aliphatic heterocycles. The van der Waals surface area contributed by atoms with E-state index in [1.54, 1.807) is 24.3 Å². The Labute approximate surface area is 107 Å². The number of carbonyl (C=O) groups excluding carboxylic acids is 1. The molecule has 2 aromatic carbocycles. The molecule has 0 bridgehead atoms. The van der Waals surface area contributed by atoms with Crippen LogP contribution in [-0.2, 0) is 5.60 Å². The Kier molecular flexibility index (Phi) is 3.58. The second-order valence-corrected chi connectivity index (χ2v) is 4.32. The molecule has 2 nitrogen and oxygen atoms in total. The van der Waals surface area contributed by atoms with Crippen molar-refractivity contribution in [2.24, 2.45) is 0 Å². The first-order chi connectivity index (χ1) is 8.70. The van der Waals surface area contributed by atoms with Gasteiger partial charge in [-0.05, 0) is 17.5 Å². The summed E-state index contributed by atoms with van der Waals surface area (Å²) in [5.74, 6) is 0. The third-order valence-electron chi connectivity index (χ3n) is 3.29. The van der Waals surface area contributed by atoms with E-state index < -0.39 is 5.60 Å². The lowest BCUT2D eigenvalue weighted by Crippen LogP contribution is -2.26. The van der Waals surface area contributed by atoms with E-state index >= 15 is 0 Å². The van der Waals surface area contributed by atoms with Gasteiger partial charge in [0.1, 0.15) is 11.9 Å². The van der Waals surface area contributed by atoms with Gasteiger partial charge in [-0.25, -0.2) is 0 Å². The van der Waals surface area contributed by atoms with Crippen LogP contribution in [-0.4, -0.2) is 11.4 Å². The van der Waals surface area contributed by atoms with Crippen molar-refractivity contribution in [3.8, 4) is 0 Å². The van der Waals surface area contributed by atoms with Gasteiger partial charge in [0.15, 0.2) is 0 Å². The fraction of sp³-hybridized carbons (Fsp3) is 0.188. The van der Waals surface area contributed by atoms with Gasteiger partial charge in [0.05, 0.1) is 0 Å². The van der Waals surface area contributed by atoms with Gasteiger partial charge in [0.2, 0.25) is 0 Å². The second-order valence-electron chi connectivity index (χ2n) is 4.32. The van der Waals surface area contributed by atoms with E-state index in [-0.39, 0.29) is 0 Å². The minimum Gasteiger partial charge on any atom is -0.380 e. The van der Waals surface area contributed by atoms with Crippen LogP contribution in [0.2, 0.25) is 0 Å². The zero-order chi connectivity index (χ0) is 13.0. The second kappa shape index (κ2) is 5.15. The van der Waals surface area contributed by atoms with Gasteiger partial charge in [-0.15, -0.1) is 0 Å². The molecule has 1 atom stereocenters. The maximum Gasteiger partial charge on any atom is 0.150 e. The summed E-state index contributed by atoms with van der Waals surface area (Å²) in [6, 6.07) is 16.6. The lowest BCUT2D eigenvalue weighted by molar-refractivity contribution is 0.0765. The molecule has 0 aliphatic rings. The summed E-state index contributed by atoms with van der Waals surface area (Å²) in [6.45, 7) is 1.95. The van der Waals surface area contributed by atoms with E-state index in [1.807, 2.05) is 37.3 Å². The third kappa shape index (κ3) is 2.20. The molecule has 2 heteroatoms. The van der Waals surface area contributed by atoms with Crippen LogP contribution in [0.15, 0.2) is 54.6 Å². The smallest absolute Gasteiger partial charge is 0.150 e. The van der Waals surface area contributed by atoms with E-state index in [0.717, 1.165) is 17.4 Å². The SMILES string of the molecule is CCC(O)(c1ccccc1)c1ccc(C=O)cc1. The standard InChI is InChI=1S/C16H16O2/c1-2-16(18,14-6-4-3-5-7-14)15-10-8-13(12-17)9-11-15/h3-12,18H,2H2,1H3. The number of hydrogen-bond donors (Lipinski definition) is 1. The molecule has 0 aromatic heterocycles. The van der Waals surface area contributed by atoms with Crippen LogP contribution < -0.4 is 0 Å². The first-order valence-electron chi connectivity index (χ1n) is 6.04. The van der Waals surface area contributed by atoms with Crippen LogP contribution in [0.4, 0.5) is 0 Å². The Morgan fingerprint density at radius 1 is 1.00 bits per heavy atom. The molecular weight excluding hydrogens is 224 g/mol. The predicted octanol–water partition coefficient (Wildman–Crippen LogP) is 3.15. The summed E-state index contributed by atoms with van der Waals surface area (Å²) >= 11 is 0. The van der Waals surface area contributed by atoms with E-state index in [1.165, 1.54) is 0 Å². The largest absolute Gasteiger partial charge is 0.380 e. The summed E-state index contributed by atoms with van der Waals surface area (Å²) in [6.07, 6.45) is 1.38. The molecule has 0 saturated carbocycles. The first-order valence-corrected chi connectivity index (χ1v) is 6.04. The minimum atomic E-state index is -0.997. The topological polar surface area (TPSA) is 37.3 Å². The summed E-state index contributed by atoms with van der Waals surface area (Å²) in [4.78, 5) is 10.6. The zero-order valence-corrected chi connectivity index (χ0v) is 10.3. The summed E-state index contributed by atoms with van der Waals surface area (Å²) < 4.78 is 0. The Hall–Kier alpha value is -1.93. The molecule has 0 spiro atoms. The van der Waals surface area contributed by atoms with Crippen LogP contribution in [0.1, 0.15) is 34.8 Å². The van der Waals surface area contributed by atoms with Crippen LogP contribution >= 0.6 is 0 Å². The number of carbonyl (C=O) groups is 1. The number of hydrogen-bond acceptors (Lipinski definition) is 2. The van der Waals surface area contributed by atoms with Crippen molar-refractivity contribution in [2.75, 3.05) is 0 Å². The summed E-state index contributed by atoms with van der Waals surface area (Å²) in [5, 5.41) is 10.8. The van der Waals surface area contributed by atoms with Gasteiger partial charge in [-0.2, -0.15) is 0 Å². The van der Waals surface area contributed by atoms with Crippen molar-refractivity contribution in [3.05, 3.63) is 71.3 Å². The molecule has 18 heavy (non-hydrogen) atoms. The molecule has 0 saturated heterocycles. The van der Waals surface area contributed by atoms with Gasteiger partial charge in [0, 0.05) is 5.56 Å². The van der Waals surface area contributed by atoms with Crippen LogP contribution in [0.25, 0.3) is 0 Å². The molecule has 2 aromatic rings. The van der Waals surface area contributed by atoms with Crippen molar-refractivity contribution in [3.63, 3.8) is 0 Å². The molecule has 0 heterocycles. The van der Waals surface area contributed by atoms with Crippen LogP contribution in [0.3, 0.4) is 0 Å². The number of benzene rings is 2. The Bertz CT molecular complexity index is 517. The molecule has 0 fully saturated rings. The monoisotopic (exact) mass is 240 g/mol. The fourth-order valence-corrected chi connectivity index (χ4v) is 2.13. The molecule has 1 N–H and O–H groups in total. The molecule has 2 rings (SSSR count). The Morgan fingerprint density at radius 2 is 1.56 bits per heavy atom. The highest BCUT2D eigenvalue weighted by Crippen LogP contribution is 2.32. The Balaban J connectivity index is 2.46. The van der Waals surface area contributed by atoms with Gasteiger partial charge in [-0.3, -0.25) is 4.79 Å².